The number of aromatic nitrogens is 3. The molecule has 2 aromatic heterocycles. The van der Waals surface area contributed by atoms with Gasteiger partial charge >= 0.3 is 0 Å². The number of benzene rings is 2. The fraction of sp³-hybridized carbons (Fsp3) is 0.421. The van der Waals surface area contributed by atoms with Crippen LogP contribution in [0.25, 0.3) is 11.3 Å². The van der Waals surface area contributed by atoms with Crippen LogP contribution in [0.2, 0.25) is 0 Å². The fourth-order valence-corrected chi connectivity index (χ4v) is 7.86. The number of amides is 1. The fourth-order valence-electron chi connectivity index (χ4n) is 6.87. The van der Waals surface area contributed by atoms with Gasteiger partial charge in [0.2, 0.25) is 11.8 Å². The summed E-state index contributed by atoms with van der Waals surface area (Å²) in [5.41, 5.74) is 4.50. The van der Waals surface area contributed by atoms with Crippen LogP contribution in [-0.4, -0.2) is 73.6 Å². The summed E-state index contributed by atoms with van der Waals surface area (Å²) in [6.07, 6.45) is 4.59. The first-order chi connectivity index (χ1) is 24.0. The number of hydrogen-bond acceptors (Lipinski definition) is 9. The zero-order valence-corrected chi connectivity index (χ0v) is 30.2. The maximum Gasteiger partial charge on any atom is 0.264 e. The van der Waals surface area contributed by atoms with Gasteiger partial charge in [-0.25, -0.2) is 23.1 Å². The van der Waals surface area contributed by atoms with Gasteiger partial charge < -0.3 is 19.3 Å². The van der Waals surface area contributed by atoms with Crippen LogP contribution in [0, 0.1) is 25.7 Å². The quantitative estimate of drug-likeness (QED) is 0.227. The monoisotopic (exact) mass is 698 g/mol. The second-order valence-electron chi connectivity index (χ2n) is 13.8. The van der Waals surface area contributed by atoms with E-state index in [4.69, 9.17) is 14.5 Å². The summed E-state index contributed by atoms with van der Waals surface area (Å²) in [7, 11) is -2.41. The van der Waals surface area contributed by atoms with E-state index >= 15 is 0 Å². The first-order valence-corrected chi connectivity index (χ1v) is 18.7. The minimum Gasteiger partial charge on any atom is -0.475 e. The summed E-state index contributed by atoms with van der Waals surface area (Å²) in [5.74, 6) is 1.51. The average molecular weight is 699 g/mol. The molecule has 2 aromatic carbocycles. The van der Waals surface area contributed by atoms with Gasteiger partial charge in [0.05, 0.1) is 16.6 Å². The van der Waals surface area contributed by atoms with Crippen LogP contribution in [0.15, 0.2) is 71.8 Å². The lowest BCUT2D eigenvalue weighted by Gasteiger charge is -2.34. The summed E-state index contributed by atoms with van der Waals surface area (Å²) < 4.78 is 41.6. The number of fused-ring (bicyclic) bond motifs is 4. The highest BCUT2D eigenvalue weighted by atomic mass is 32.2. The van der Waals surface area contributed by atoms with Gasteiger partial charge in [-0.1, -0.05) is 44.2 Å². The Kier molecular flexibility index (Phi) is 10.7. The summed E-state index contributed by atoms with van der Waals surface area (Å²) in [6.45, 7) is 11.2. The van der Waals surface area contributed by atoms with Crippen molar-refractivity contribution in [3.8, 4) is 17.1 Å². The van der Waals surface area contributed by atoms with Crippen molar-refractivity contribution in [1.82, 2.24) is 19.9 Å². The average Bonchev–Trinajstić information content (AvgIpc) is 3.09. The van der Waals surface area contributed by atoms with Crippen molar-refractivity contribution in [2.45, 2.75) is 64.4 Å². The Labute approximate surface area is 295 Å². The van der Waals surface area contributed by atoms with Crippen molar-refractivity contribution < 1.29 is 22.7 Å². The Morgan fingerprint density at radius 3 is 2.42 bits per heavy atom. The van der Waals surface area contributed by atoms with E-state index in [0.29, 0.717) is 18.0 Å². The third-order valence-corrected chi connectivity index (χ3v) is 10.8. The van der Waals surface area contributed by atoms with Crippen LogP contribution in [0.3, 0.4) is 0 Å². The number of carbonyl (C=O) groups excluding carboxylic acids is 1. The molecule has 1 fully saturated rings. The van der Waals surface area contributed by atoms with Crippen molar-refractivity contribution in [3.05, 3.63) is 89.1 Å². The van der Waals surface area contributed by atoms with Crippen LogP contribution in [-0.2, 0) is 21.3 Å². The zero-order chi connectivity index (χ0) is 35.4. The zero-order valence-electron chi connectivity index (χ0n) is 29.4. The van der Waals surface area contributed by atoms with Gasteiger partial charge in [-0.3, -0.25) is 4.79 Å². The van der Waals surface area contributed by atoms with Crippen LogP contribution in [0.1, 0.15) is 60.2 Å². The highest BCUT2D eigenvalue weighted by molar-refractivity contribution is 7.92. The van der Waals surface area contributed by atoms with Gasteiger partial charge in [0.1, 0.15) is 12.4 Å². The Hall–Kier alpha value is -4.55. The standard InChI is InChI=1S/C38H46N6O5S/c1-25(2)18-31-24-49-35-20-33(36-26(3)8-6-9-27(36)4)40-38(41-35)42-50(46,47)32-11-7-10-30(19-32)37(45)44(31)22-29-12-13-34(39-21-29)43-16-14-28(15-17-43)23-48-5/h6-13,19-21,25,28,31H,14-18,22-24H2,1-5H3,(H,40,41,42)/t31-/m1/s1. The molecule has 1 atom stereocenters. The lowest BCUT2D eigenvalue weighted by atomic mass is 9.98. The van der Waals surface area contributed by atoms with Gasteiger partial charge in [-0.2, -0.15) is 4.98 Å². The molecule has 12 heteroatoms. The van der Waals surface area contributed by atoms with Gasteiger partial charge in [0.15, 0.2) is 0 Å². The topological polar surface area (TPSA) is 127 Å². The molecule has 0 unspecified atom stereocenters. The molecule has 0 saturated carbocycles. The third kappa shape index (κ3) is 8.08. The molecule has 1 saturated heterocycles. The predicted octanol–water partition coefficient (Wildman–Crippen LogP) is 6.27. The molecule has 4 heterocycles. The van der Waals surface area contributed by atoms with E-state index in [9.17, 15) is 13.2 Å². The number of nitrogens with one attached hydrogen (secondary N) is 1. The van der Waals surface area contributed by atoms with E-state index in [-0.39, 0.29) is 53.3 Å². The Bertz CT molecular complexity index is 1910. The Morgan fingerprint density at radius 1 is 1.00 bits per heavy atom. The third-order valence-electron chi connectivity index (χ3n) is 9.43. The number of ether oxygens (including phenoxy) is 2. The van der Waals surface area contributed by atoms with Gasteiger partial charge in [0, 0.05) is 56.7 Å². The van der Waals surface area contributed by atoms with Crippen molar-refractivity contribution in [2.75, 3.05) is 43.0 Å². The first kappa shape index (κ1) is 35.3. The molecule has 1 N–H and O–H groups in total. The molecule has 6 rings (SSSR count). The second-order valence-corrected chi connectivity index (χ2v) is 15.4. The van der Waals surface area contributed by atoms with Crippen molar-refractivity contribution >= 4 is 27.7 Å². The van der Waals surface area contributed by atoms with E-state index in [1.54, 1.807) is 30.2 Å². The minimum absolute atomic E-state index is 0.0632. The Morgan fingerprint density at radius 2 is 1.74 bits per heavy atom. The molecule has 4 aromatic rings. The lowest BCUT2D eigenvalue weighted by molar-refractivity contribution is 0.0553. The van der Waals surface area contributed by atoms with E-state index in [1.165, 1.54) is 12.1 Å². The number of piperidine rings is 1. The SMILES string of the molecule is COCC1CCN(c2ccc(CN3C(=O)c4cccc(c4)S(=O)(=O)Nc4nc(cc(-c5c(C)cccc5C)n4)OC[C@H]3CC(C)C)cn2)CC1. The molecule has 1 amide bonds. The van der Waals surface area contributed by atoms with E-state index < -0.39 is 10.0 Å². The maximum absolute atomic E-state index is 14.4. The van der Waals surface area contributed by atoms with Crippen LogP contribution >= 0.6 is 0 Å². The summed E-state index contributed by atoms with van der Waals surface area (Å²) >= 11 is 0. The predicted molar refractivity (Wildman–Crippen MR) is 194 cm³/mol. The number of nitrogens with zero attached hydrogens (tertiary/aromatic N) is 5. The van der Waals surface area contributed by atoms with Crippen molar-refractivity contribution in [1.29, 1.82) is 0 Å². The molecule has 4 bridgehead atoms. The van der Waals surface area contributed by atoms with Crippen molar-refractivity contribution in [3.63, 3.8) is 0 Å². The minimum atomic E-state index is -4.16. The number of pyridine rings is 1. The molecule has 0 radical (unpaired) electrons. The number of sulfonamides is 1. The van der Waals surface area contributed by atoms with Crippen LogP contribution < -0.4 is 14.4 Å². The molecule has 11 nitrogen and oxygen atoms in total. The van der Waals surface area contributed by atoms with Gasteiger partial charge in [-0.05, 0) is 85.9 Å². The van der Waals surface area contributed by atoms with Crippen molar-refractivity contribution in [2.24, 2.45) is 11.8 Å². The Balaban J connectivity index is 1.36. The summed E-state index contributed by atoms with van der Waals surface area (Å²) in [5, 5.41) is 0. The largest absolute Gasteiger partial charge is 0.475 e. The maximum atomic E-state index is 14.4. The number of hydrogen-bond donors (Lipinski definition) is 1. The summed E-state index contributed by atoms with van der Waals surface area (Å²) in [6, 6.07) is 17.4. The molecular formula is C38H46N6O5S. The number of anilines is 2. The molecular weight excluding hydrogens is 653 g/mol. The molecule has 50 heavy (non-hydrogen) atoms. The molecule has 0 spiro atoms. The van der Waals surface area contributed by atoms with Gasteiger partial charge in [0.25, 0.3) is 15.9 Å². The van der Waals surface area contributed by atoms with Crippen LogP contribution in [0.5, 0.6) is 5.88 Å². The molecule has 0 aliphatic carbocycles. The normalized spacial score (nSPS) is 18.1. The number of aryl methyl sites for hydroxylation is 2. The number of carbonyl (C=O) groups is 1. The first-order valence-electron chi connectivity index (χ1n) is 17.2. The number of methoxy groups -OCH3 is 1. The summed E-state index contributed by atoms with van der Waals surface area (Å²) in [4.78, 5) is 32.3. The lowest BCUT2D eigenvalue weighted by Crippen LogP contribution is -2.44. The molecule has 264 valence electrons. The second kappa shape index (κ2) is 15.1. The highest BCUT2D eigenvalue weighted by Gasteiger charge is 2.30. The van der Waals surface area contributed by atoms with E-state index in [1.807, 2.05) is 50.4 Å². The highest BCUT2D eigenvalue weighted by Crippen LogP contribution is 2.31. The smallest absolute Gasteiger partial charge is 0.264 e. The number of rotatable bonds is 8. The molecule has 2 aliphatic rings. The van der Waals surface area contributed by atoms with E-state index in [0.717, 1.165) is 60.6 Å². The van der Waals surface area contributed by atoms with Gasteiger partial charge in [-0.15, -0.1) is 0 Å². The van der Waals surface area contributed by atoms with E-state index in [2.05, 4.69) is 33.4 Å². The molecule has 2 aliphatic heterocycles. The van der Waals surface area contributed by atoms with Crippen LogP contribution in [0.4, 0.5) is 11.8 Å².